The number of aryl methyl sites for hydroxylation is 1. The van der Waals surface area contributed by atoms with Crippen LogP contribution in [0.2, 0.25) is 0 Å². The minimum absolute atomic E-state index is 0.0683. The van der Waals surface area contributed by atoms with Crippen LogP contribution in [0.15, 0.2) is 10.9 Å². The second kappa shape index (κ2) is 4.72. The number of rotatable bonds is 3. The largest absolute Gasteiger partial charge is 0.367 e. The molecule has 2 aliphatic heterocycles. The van der Waals surface area contributed by atoms with E-state index in [1.807, 2.05) is 6.92 Å². The SMILES string of the molecule is CCc1nc(NC2CC3CCC(C2)N3)cc(=O)[nH]1. The van der Waals surface area contributed by atoms with E-state index in [1.165, 1.54) is 12.8 Å². The van der Waals surface area contributed by atoms with Crippen molar-refractivity contribution >= 4 is 5.82 Å². The average Bonchev–Trinajstić information content (AvgIpc) is 2.68. The minimum atomic E-state index is -0.0683. The zero-order chi connectivity index (χ0) is 12.5. The van der Waals surface area contributed by atoms with Gasteiger partial charge in [0.1, 0.15) is 11.6 Å². The Morgan fingerprint density at radius 2 is 2.11 bits per heavy atom. The summed E-state index contributed by atoms with van der Waals surface area (Å²) in [5, 5.41) is 7.04. The average molecular weight is 248 g/mol. The quantitative estimate of drug-likeness (QED) is 0.747. The number of nitrogens with one attached hydrogen (secondary N) is 3. The minimum Gasteiger partial charge on any atom is -0.367 e. The standard InChI is InChI=1S/C13H20N4O/c1-2-11-16-12(7-13(18)17-11)15-10-5-8-3-4-9(6-10)14-8/h7-10,14H,2-6H2,1H3,(H2,15,16,17,18). The molecule has 0 spiro atoms. The van der Waals surface area contributed by atoms with Crippen molar-refractivity contribution in [3.05, 3.63) is 22.2 Å². The van der Waals surface area contributed by atoms with Gasteiger partial charge in [-0.25, -0.2) is 4.98 Å². The Morgan fingerprint density at radius 3 is 2.78 bits per heavy atom. The lowest BCUT2D eigenvalue weighted by Gasteiger charge is -2.30. The van der Waals surface area contributed by atoms with Gasteiger partial charge in [-0.1, -0.05) is 6.92 Å². The van der Waals surface area contributed by atoms with Gasteiger partial charge in [0.15, 0.2) is 0 Å². The fraction of sp³-hybridized carbons (Fsp3) is 0.692. The Hall–Kier alpha value is -1.36. The van der Waals surface area contributed by atoms with Gasteiger partial charge in [0.05, 0.1) is 0 Å². The highest BCUT2D eigenvalue weighted by Crippen LogP contribution is 2.28. The molecule has 2 saturated heterocycles. The van der Waals surface area contributed by atoms with Crippen molar-refractivity contribution in [3.63, 3.8) is 0 Å². The van der Waals surface area contributed by atoms with E-state index in [9.17, 15) is 4.79 Å². The van der Waals surface area contributed by atoms with Crippen molar-refractivity contribution in [2.45, 2.75) is 57.2 Å². The molecule has 3 N–H and O–H groups in total. The second-order valence-electron chi connectivity index (χ2n) is 5.38. The molecule has 98 valence electrons. The number of H-pyrrole nitrogens is 1. The monoisotopic (exact) mass is 248 g/mol. The van der Waals surface area contributed by atoms with Gasteiger partial charge < -0.3 is 15.6 Å². The fourth-order valence-electron chi connectivity index (χ4n) is 3.13. The highest BCUT2D eigenvalue weighted by Gasteiger charge is 2.33. The molecule has 2 aliphatic rings. The highest BCUT2D eigenvalue weighted by atomic mass is 16.1. The molecule has 18 heavy (non-hydrogen) atoms. The summed E-state index contributed by atoms with van der Waals surface area (Å²) in [5.74, 6) is 1.48. The molecule has 2 unspecified atom stereocenters. The van der Waals surface area contributed by atoms with Crippen LogP contribution >= 0.6 is 0 Å². The van der Waals surface area contributed by atoms with Gasteiger partial charge in [0.25, 0.3) is 5.56 Å². The molecule has 1 aromatic heterocycles. The fourth-order valence-corrected chi connectivity index (χ4v) is 3.13. The van der Waals surface area contributed by atoms with Crippen molar-refractivity contribution < 1.29 is 0 Å². The molecule has 2 atom stereocenters. The number of fused-ring (bicyclic) bond motifs is 2. The molecule has 0 aromatic carbocycles. The van der Waals surface area contributed by atoms with E-state index in [-0.39, 0.29) is 5.56 Å². The molecule has 5 nitrogen and oxygen atoms in total. The Bertz CT molecular complexity index is 472. The van der Waals surface area contributed by atoms with Crippen LogP contribution in [0.3, 0.4) is 0 Å². The van der Waals surface area contributed by atoms with Crippen molar-refractivity contribution in [1.29, 1.82) is 0 Å². The third-order valence-corrected chi connectivity index (χ3v) is 3.95. The summed E-state index contributed by atoms with van der Waals surface area (Å²) in [6, 6.07) is 3.30. The van der Waals surface area contributed by atoms with Gasteiger partial charge >= 0.3 is 0 Å². The van der Waals surface area contributed by atoms with Crippen LogP contribution in [0.5, 0.6) is 0 Å². The Morgan fingerprint density at radius 1 is 1.39 bits per heavy atom. The molecule has 2 bridgehead atoms. The van der Waals surface area contributed by atoms with Crippen LogP contribution in [0.25, 0.3) is 0 Å². The number of hydrogen-bond acceptors (Lipinski definition) is 4. The van der Waals surface area contributed by atoms with E-state index in [0.717, 1.165) is 30.9 Å². The summed E-state index contributed by atoms with van der Waals surface area (Å²) in [6.45, 7) is 1.99. The van der Waals surface area contributed by atoms with Gasteiger partial charge in [-0.15, -0.1) is 0 Å². The van der Waals surface area contributed by atoms with Gasteiger partial charge in [0.2, 0.25) is 0 Å². The first-order chi connectivity index (χ1) is 8.72. The molecular weight excluding hydrogens is 228 g/mol. The van der Waals surface area contributed by atoms with E-state index >= 15 is 0 Å². The van der Waals surface area contributed by atoms with Crippen LogP contribution in [-0.4, -0.2) is 28.1 Å². The molecule has 0 aliphatic carbocycles. The van der Waals surface area contributed by atoms with Crippen LogP contribution in [0.1, 0.15) is 38.4 Å². The molecule has 3 heterocycles. The summed E-state index contributed by atoms with van der Waals surface area (Å²) < 4.78 is 0. The summed E-state index contributed by atoms with van der Waals surface area (Å²) in [5.41, 5.74) is -0.0683. The Kier molecular flexibility index (Phi) is 3.07. The van der Waals surface area contributed by atoms with Crippen molar-refractivity contribution in [3.8, 4) is 0 Å². The van der Waals surface area contributed by atoms with E-state index in [4.69, 9.17) is 0 Å². The molecule has 3 rings (SSSR count). The zero-order valence-corrected chi connectivity index (χ0v) is 10.7. The smallest absolute Gasteiger partial charge is 0.252 e. The predicted octanol–water partition coefficient (Wildman–Crippen LogP) is 1.03. The number of piperidine rings is 1. The number of aromatic nitrogens is 2. The summed E-state index contributed by atoms with van der Waals surface area (Å²) in [4.78, 5) is 18.7. The van der Waals surface area contributed by atoms with Crippen LogP contribution in [0.4, 0.5) is 5.82 Å². The van der Waals surface area contributed by atoms with Crippen molar-refractivity contribution in [2.24, 2.45) is 0 Å². The Labute approximate surface area is 106 Å². The second-order valence-corrected chi connectivity index (χ2v) is 5.38. The lowest BCUT2D eigenvalue weighted by Crippen LogP contribution is -2.43. The first-order valence-electron chi connectivity index (χ1n) is 6.85. The van der Waals surface area contributed by atoms with Crippen LogP contribution in [0, 0.1) is 0 Å². The highest BCUT2D eigenvalue weighted by molar-refractivity contribution is 5.35. The van der Waals surface area contributed by atoms with Gasteiger partial charge in [-0.3, -0.25) is 4.79 Å². The lowest BCUT2D eigenvalue weighted by atomic mass is 10.00. The molecule has 5 heteroatoms. The third-order valence-electron chi connectivity index (χ3n) is 3.95. The number of hydrogen-bond donors (Lipinski definition) is 3. The summed E-state index contributed by atoms with van der Waals surface area (Å²) in [7, 11) is 0. The Balaban J connectivity index is 1.72. The van der Waals surface area contributed by atoms with E-state index < -0.39 is 0 Å². The first kappa shape index (κ1) is 11.7. The number of anilines is 1. The summed E-state index contributed by atoms with van der Waals surface area (Å²) >= 11 is 0. The predicted molar refractivity (Wildman–Crippen MR) is 70.8 cm³/mol. The maximum atomic E-state index is 11.5. The van der Waals surface area contributed by atoms with E-state index in [0.29, 0.717) is 18.1 Å². The topological polar surface area (TPSA) is 69.8 Å². The number of nitrogens with zero attached hydrogens (tertiary/aromatic N) is 1. The van der Waals surface area contributed by atoms with Gasteiger partial charge in [0, 0.05) is 30.6 Å². The summed E-state index contributed by atoms with van der Waals surface area (Å²) in [6.07, 6.45) is 5.58. The first-order valence-corrected chi connectivity index (χ1v) is 6.85. The van der Waals surface area contributed by atoms with Crippen molar-refractivity contribution in [2.75, 3.05) is 5.32 Å². The molecule has 2 fully saturated rings. The normalized spacial score (nSPS) is 30.4. The number of aromatic amines is 1. The van der Waals surface area contributed by atoms with Crippen molar-refractivity contribution in [1.82, 2.24) is 15.3 Å². The van der Waals surface area contributed by atoms with E-state index in [1.54, 1.807) is 6.07 Å². The molecular formula is C13H20N4O. The molecule has 0 radical (unpaired) electrons. The maximum absolute atomic E-state index is 11.5. The van der Waals surface area contributed by atoms with Gasteiger partial charge in [-0.2, -0.15) is 0 Å². The maximum Gasteiger partial charge on any atom is 0.252 e. The zero-order valence-electron chi connectivity index (χ0n) is 10.7. The molecule has 1 aromatic rings. The van der Waals surface area contributed by atoms with Crippen LogP contribution < -0.4 is 16.2 Å². The van der Waals surface area contributed by atoms with Gasteiger partial charge in [-0.05, 0) is 25.7 Å². The third kappa shape index (κ3) is 2.41. The molecule has 0 amide bonds. The molecule has 0 saturated carbocycles. The van der Waals surface area contributed by atoms with E-state index in [2.05, 4.69) is 20.6 Å². The lowest BCUT2D eigenvalue weighted by molar-refractivity contribution is 0.377. The van der Waals surface area contributed by atoms with Crippen LogP contribution in [-0.2, 0) is 6.42 Å².